The monoisotopic (exact) mass is 314 g/mol. The van der Waals surface area contributed by atoms with Gasteiger partial charge in [0.05, 0.1) is 17.8 Å². The topological polar surface area (TPSA) is 50.4 Å². The highest BCUT2D eigenvalue weighted by molar-refractivity contribution is 9.10. The highest BCUT2D eigenvalue weighted by Gasteiger charge is 2.16. The first kappa shape index (κ1) is 15.1. The second-order valence-corrected chi connectivity index (χ2v) is 5.45. The second-order valence-electron chi connectivity index (χ2n) is 4.60. The maximum atomic E-state index is 11.7. The fourth-order valence-corrected chi connectivity index (χ4v) is 1.69. The van der Waals surface area contributed by atoms with Gasteiger partial charge in [0.1, 0.15) is 0 Å². The number of hydrogen-bond donors (Lipinski definition) is 2. The first-order chi connectivity index (χ1) is 8.44. The van der Waals surface area contributed by atoms with Crippen molar-refractivity contribution in [2.24, 2.45) is 0 Å². The van der Waals surface area contributed by atoms with Crippen molar-refractivity contribution in [2.45, 2.75) is 19.4 Å². The molecule has 0 unspecified atom stereocenters. The smallest absolute Gasteiger partial charge is 0.238 e. The molecule has 0 aliphatic heterocycles. The minimum atomic E-state index is -0.270. The molecule has 0 bridgehead atoms. The minimum Gasteiger partial charge on any atom is -0.377 e. The lowest BCUT2D eigenvalue weighted by Crippen LogP contribution is -2.40. The van der Waals surface area contributed by atoms with Crippen LogP contribution >= 0.6 is 15.9 Å². The average molecular weight is 315 g/mol. The standard InChI is InChI=1S/C13H19BrN2O2/c1-13(2,18-3)9-15-8-12(17)16-11-7-5-4-6-10(11)14/h4-7,15H,8-9H2,1-3H3,(H,16,17). The fourth-order valence-electron chi connectivity index (χ4n) is 1.31. The van der Waals surface area contributed by atoms with Gasteiger partial charge >= 0.3 is 0 Å². The van der Waals surface area contributed by atoms with Crippen LogP contribution in [0.15, 0.2) is 28.7 Å². The number of ether oxygens (including phenoxy) is 1. The number of methoxy groups -OCH3 is 1. The maximum Gasteiger partial charge on any atom is 0.238 e. The first-order valence-corrected chi connectivity index (χ1v) is 6.54. The third-order valence-electron chi connectivity index (χ3n) is 2.54. The Morgan fingerprint density at radius 3 is 2.67 bits per heavy atom. The molecule has 0 aromatic heterocycles. The van der Waals surface area contributed by atoms with Gasteiger partial charge in [-0.1, -0.05) is 12.1 Å². The normalized spacial score (nSPS) is 11.3. The zero-order chi connectivity index (χ0) is 13.6. The Kier molecular flexibility index (Phi) is 5.78. The summed E-state index contributed by atoms with van der Waals surface area (Å²) in [7, 11) is 1.66. The molecule has 0 fully saturated rings. The van der Waals surface area contributed by atoms with E-state index >= 15 is 0 Å². The molecule has 5 heteroatoms. The molecule has 0 heterocycles. The lowest BCUT2D eigenvalue weighted by molar-refractivity contribution is -0.115. The summed E-state index contributed by atoms with van der Waals surface area (Å²) in [4.78, 5) is 11.7. The third kappa shape index (κ3) is 5.16. The molecule has 4 nitrogen and oxygen atoms in total. The average Bonchev–Trinajstić information content (AvgIpc) is 2.32. The van der Waals surface area contributed by atoms with Crippen LogP contribution in [0.5, 0.6) is 0 Å². The molecular formula is C13H19BrN2O2. The number of carbonyl (C=O) groups is 1. The molecule has 0 aliphatic carbocycles. The van der Waals surface area contributed by atoms with Gasteiger partial charge in [-0.25, -0.2) is 0 Å². The van der Waals surface area contributed by atoms with Gasteiger partial charge in [-0.15, -0.1) is 0 Å². The Morgan fingerprint density at radius 1 is 1.39 bits per heavy atom. The zero-order valence-corrected chi connectivity index (χ0v) is 12.5. The summed E-state index contributed by atoms with van der Waals surface area (Å²) in [5, 5.41) is 5.89. The SMILES string of the molecule is COC(C)(C)CNCC(=O)Nc1ccccc1Br. The van der Waals surface area contributed by atoms with E-state index in [1.54, 1.807) is 7.11 Å². The van der Waals surface area contributed by atoms with Crippen molar-refractivity contribution in [3.05, 3.63) is 28.7 Å². The number of hydrogen-bond acceptors (Lipinski definition) is 3. The number of anilines is 1. The van der Waals surface area contributed by atoms with Gasteiger partial charge in [0.2, 0.25) is 5.91 Å². The molecule has 2 N–H and O–H groups in total. The van der Waals surface area contributed by atoms with Crippen LogP contribution in [-0.2, 0) is 9.53 Å². The molecule has 18 heavy (non-hydrogen) atoms. The van der Waals surface area contributed by atoms with E-state index in [1.165, 1.54) is 0 Å². The summed E-state index contributed by atoms with van der Waals surface area (Å²) in [6.45, 7) is 4.80. The van der Waals surface area contributed by atoms with E-state index in [1.807, 2.05) is 38.1 Å². The predicted molar refractivity (Wildman–Crippen MR) is 76.7 cm³/mol. The number of amides is 1. The zero-order valence-electron chi connectivity index (χ0n) is 10.9. The van der Waals surface area contributed by atoms with Gasteiger partial charge in [-0.3, -0.25) is 4.79 Å². The summed E-state index contributed by atoms with van der Waals surface area (Å²) in [5.41, 5.74) is 0.503. The molecule has 1 aromatic rings. The second kappa shape index (κ2) is 6.87. The summed E-state index contributed by atoms with van der Waals surface area (Å²) in [6, 6.07) is 7.51. The first-order valence-electron chi connectivity index (χ1n) is 5.75. The number of halogens is 1. The van der Waals surface area contributed by atoms with E-state index in [9.17, 15) is 4.79 Å². The Labute approximate surface area is 116 Å². The molecule has 0 radical (unpaired) electrons. The number of rotatable bonds is 6. The van der Waals surface area contributed by atoms with Gasteiger partial charge in [0.25, 0.3) is 0 Å². The van der Waals surface area contributed by atoms with Gasteiger partial charge in [-0.2, -0.15) is 0 Å². The van der Waals surface area contributed by atoms with Crippen molar-refractivity contribution in [2.75, 3.05) is 25.5 Å². The van der Waals surface area contributed by atoms with Gasteiger partial charge in [-0.05, 0) is 41.9 Å². The van der Waals surface area contributed by atoms with Crippen molar-refractivity contribution < 1.29 is 9.53 Å². The molecule has 0 spiro atoms. The Bertz CT molecular complexity index is 408. The van der Waals surface area contributed by atoms with Crippen LogP contribution in [0.4, 0.5) is 5.69 Å². The molecule has 1 aromatic carbocycles. The van der Waals surface area contributed by atoms with Crippen LogP contribution in [0, 0.1) is 0 Å². The van der Waals surface area contributed by atoms with Crippen LogP contribution < -0.4 is 10.6 Å². The molecule has 0 saturated carbocycles. The van der Waals surface area contributed by atoms with Crippen molar-refractivity contribution in [1.82, 2.24) is 5.32 Å². The Morgan fingerprint density at radius 2 is 2.06 bits per heavy atom. The lowest BCUT2D eigenvalue weighted by Gasteiger charge is -2.23. The summed E-state index contributed by atoms with van der Waals surface area (Å²) in [5.74, 6) is -0.0752. The lowest BCUT2D eigenvalue weighted by atomic mass is 10.1. The molecule has 1 amide bonds. The minimum absolute atomic E-state index is 0.0752. The molecular weight excluding hydrogens is 296 g/mol. The van der Waals surface area contributed by atoms with E-state index < -0.39 is 0 Å². The Balaban J connectivity index is 2.37. The summed E-state index contributed by atoms with van der Waals surface area (Å²) in [6.07, 6.45) is 0. The van der Waals surface area contributed by atoms with Crippen LogP contribution in [-0.4, -0.2) is 31.7 Å². The predicted octanol–water partition coefficient (Wildman–Crippen LogP) is 2.40. The molecule has 100 valence electrons. The van der Waals surface area contributed by atoms with E-state index in [0.29, 0.717) is 6.54 Å². The fraction of sp³-hybridized carbons (Fsp3) is 0.462. The van der Waals surface area contributed by atoms with Crippen molar-refractivity contribution >= 4 is 27.5 Å². The van der Waals surface area contributed by atoms with E-state index in [0.717, 1.165) is 10.2 Å². The van der Waals surface area contributed by atoms with E-state index in [4.69, 9.17) is 4.74 Å². The third-order valence-corrected chi connectivity index (χ3v) is 3.23. The van der Waals surface area contributed by atoms with Crippen molar-refractivity contribution in [3.63, 3.8) is 0 Å². The van der Waals surface area contributed by atoms with Crippen LogP contribution in [0.2, 0.25) is 0 Å². The molecule has 1 rings (SSSR count). The van der Waals surface area contributed by atoms with Crippen molar-refractivity contribution in [3.8, 4) is 0 Å². The number of benzene rings is 1. The molecule has 0 atom stereocenters. The van der Waals surface area contributed by atoms with E-state index in [2.05, 4.69) is 26.6 Å². The quantitative estimate of drug-likeness (QED) is 0.847. The molecule has 0 aliphatic rings. The van der Waals surface area contributed by atoms with Crippen LogP contribution in [0.25, 0.3) is 0 Å². The van der Waals surface area contributed by atoms with Crippen molar-refractivity contribution in [1.29, 1.82) is 0 Å². The summed E-state index contributed by atoms with van der Waals surface area (Å²) < 4.78 is 6.13. The van der Waals surface area contributed by atoms with Crippen LogP contribution in [0.1, 0.15) is 13.8 Å². The number of carbonyl (C=O) groups excluding carboxylic acids is 1. The van der Waals surface area contributed by atoms with Gasteiger partial charge in [0.15, 0.2) is 0 Å². The van der Waals surface area contributed by atoms with Gasteiger partial charge in [0, 0.05) is 18.1 Å². The highest BCUT2D eigenvalue weighted by Crippen LogP contribution is 2.20. The summed E-state index contributed by atoms with van der Waals surface area (Å²) >= 11 is 3.38. The van der Waals surface area contributed by atoms with Crippen LogP contribution in [0.3, 0.4) is 0 Å². The maximum absolute atomic E-state index is 11.7. The molecule has 0 saturated heterocycles. The number of nitrogens with one attached hydrogen (secondary N) is 2. The highest BCUT2D eigenvalue weighted by atomic mass is 79.9. The number of para-hydroxylation sites is 1. The van der Waals surface area contributed by atoms with Gasteiger partial charge < -0.3 is 15.4 Å². The largest absolute Gasteiger partial charge is 0.377 e. The van der Waals surface area contributed by atoms with E-state index in [-0.39, 0.29) is 18.1 Å². The Hall–Kier alpha value is -0.910.